The summed E-state index contributed by atoms with van der Waals surface area (Å²) in [5, 5.41) is 4.20. The van der Waals surface area contributed by atoms with Gasteiger partial charge in [0, 0.05) is 24.3 Å². The van der Waals surface area contributed by atoms with Crippen molar-refractivity contribution in [1.82, 2.24) is 19.4 Å². The second kappa shape index (κ2) is 6.64. The molecule has 9 nitrogen and oxygen atoms in total. The molecule has 1 aromatic carbocycles. The maximum Gasteiger partial charge on any atom is 0.263 e. The number of carbonyl (C=O) groups excluding carboxylic acids is 1. The normalized spacial score (nSPS) is 23.8. The van der Waals surface area contributed by atoms with Gasteiger partial charge in [-0.3, -0.25) is 19.4 Å². The number of fused-ring (bicyclic) bond motifs is 3. The largest absolute Gasteiger partial charge is 0.307 e. The highest BCUT2D eigenvalue weighted by atomic mass is 32.2. The third-order valence-corrected chi connectivity index (χ3v) is 8.54. The minimum absolute atomic E-state index is 0.0819. The molecule has 10 heteroatoms. The average molecular weight is 455 g/mol. The van der Waals surface area contributed by atoms with E-state index < -0.39 is 10.0 Å². The van der Waals surface area contributed by atoms with Crippen LogP contribution in [0.5, 0.6) is 0 Å². The second-order valence-electron chi connectivity index (χ2n) is 9.49. The van der Waals surface area contributed by atoms with E-state index in [1.54, 1.807) is 27.9 Å². The van der Waals surface area contributed by atoms with Crippen molar-refractivity contribution in [1.29, 1.82) is 0 Å². The molecule has 1 aromatic heterocycles. The van der Waals surface area contributed by atoms with E-state index >= 15 is 0 Å². The van der Waals surface area contributed by atoms with Crippen molar-refractivity contribution in [2.75, 3.05) is 11.4 Å². The van der Waals surface area contributed by atoms with Crippen LogP contribution in [0.1, 0.15) is 48.5 Å². The topological polar surface area (TPSA) is 99.9 Å². The Hall–Kier alpha value is -2.72. The van der Waals surface area contributed by atoms with E-state index in [2.05, 4.69) is 21.7 Å². The van der Waals surface area contributed by atoms with Gasteiger partial charge in [-0.15, -0.1) is 0 Å². The summed E-state index contributed by atoms with van der Waals surface area (Å²) in [4.78, 5) is 22.0. The van der Waals surface area contributed by atoms with Crippen molar-refractivity contribution in [3.05, 3.63) is 41.7 Å². The van der Waals surface area contributed by atoms with E-state index in [0.29, 0.717) is 36.2 Å². The van der Waals surface area contributed by atoms with Gasteiger partial charge in [0.15, 0.2) is 0 Å². The van der Waals surface area contributed by atoms with Crippen LogP contribution in [0, 0.1) is 5.92 Å². The summed E-state index contributed by atoms with van der Waals surface area (Å²) in [6.07, 6.45) is 7.55. The Bertz CT molecular complexity index is 1260. The first-order valence-electron chi connectivity index (χ1n) is 11.1. The van der Waals surface area contributed by atoms with Gasteiger partial charge in [-0.05, 0) is 56.7 Å². The number of benzene rings is 1. The predicted molar refractivity (Wildman–Crippen MR) is 119 cm³/mol. The molecule has 4 aliphatic rings. The van der Waals surface area contributed by atoms with Crippen LogP contribution in [-0.2, 0) is 23.6 Å². The summed E-state index contributed by atoms with van der Waals surface area (Å²) < 4.78 is 31.0. The van der Waals surface area contributed by atoms with Crippen LogP contribution in [-0.4, -0.2) is 53.1 Å². The highest BCUT2D eigenvalue weighted by Crippen LogP contribution is 2.54. The average Bonchev–Trinajstić information content (AvgIpc) is 3.66. The summed E-state index contributed by atoms with van der Waals surface area (Å²) in [6, 6.07) is 4.97. The van der Waals surface area contributed by atoms with Gasteiger partial charge in [0.25, 0.3) is 5.91 Å². The number of rotatable bonds is 6. The summed E-state index contributed by atoms with van der Waals surface area (Å²) >= 11 is 0. The molecule has 1 atom stereocenters. The number of nitrogens with zero attached hydrogens (tertiary/aromatic N) is 5. The number of amides is 1. The quantitative estimate of drug-likeness (QED) is 0.718. The fourth-order valence-corrected chi connectivity index (χ4v) is 6.54. The highest BCUT2D eigenvalue weighted by molar-refractivity contribution is 7.89. The number of sulfonamides is 1. The standard InChI is InChI=1S/C22H26N6O3S/c1-14-10-23-21-27(13-15-11-24-26(2)12-15)20(29)18-9-17(5-6-19(18)28(14)21)32(30,31)25-22(7-8-22)16-3-4-16/h5-6,9,11-12,14,16,25H,3-4,7-8,10,13H2,1-2H3/t14-/m1/s1. The third kappa shape index (κ3) is 3.07. The van der Waals surface area contributed by atoms with Crippen molar-refractivity contribution in [2.45, 2.75) is 55.6 Å². The SMILES string of the molecule is C[C@@H]1CN=C2N(Cc3cnn(C)c3)C(=O)c3cc(S(=O)(=O)NC4(C5CC5)CC4)ccc3N21. The van der Waals surface area contributed by atoms with E-state index in [9.17, 15) is 13.2 Å². The molecule has 2 fully saturated rings. The van der Waals surface area contributed by atoms with Gasteiger partial charge in [0.2, 0.25) is 16.0 Å². The zero-order valence-electron chi connectivity index (χ0n) is 18.2. The summed E-state index contributed by atoms with van der Waals surface area (Å²) in [5.74, 6) is 0.822. The van der Waals surface area contributed by atoms with Gasteiger partial charge in [-0.1, -0.05) is 0 Å². The minimum Gasteiger partial charge on any atom is -0.307 e. The Kier molecular flexibility index (Phi) is 4.14. The fraction of sp³-hybridized carbons (Fsp3) is 0.500. The van der Waals surface area contributed by atoms with E-state index in [4.69, 9.17) is 0 Å². The second-order valence-corrected chi connectivity index (χ2v) is 11.2. The Morgan fingerprint density at radius 1 is 1.25 bits per heavy atom. The number of carbonyl (C=O) groups is 1. The molecule has 0 unspecified atom stereocenters. The van der Waals surface area contributed by atoms with Crippen LogP contribution in [0.25, 0.3) is 0 Å². The van der Waals surface area contributed by atoms with Gasteiger partial charge >= 0.3 is 0 Å². The molecule has 6 rings (SSSR count). The number of hydrogen-bond donors (Lipinski definition) is 1. The molecule has 2 aliphatic carbocycles. The first kappa shape index (κ1) is 19.9. The first-order valence-corrected chi connectivity index (χ1v) is 12.6. The monoisotopic (exact) mass is 454 g/mol. The summed E-state index contributed by atoms with van der Waals surface area (Å²) in [5.41, 5.74) is 1.72. The molecule has 3 heterocycles. The van der Waals surface area contributed by atoms with Gasteiger partial charge in [0.05, 0.1) is 41.5 Å². The molecular formula is C22H26N6O3S. The van der Waals surface area contributed by atoms with Crippen LogP contribution in [0.4, 0.5) is 5.69 Å². The molecule has 0 bridgehead atoms. The first-order chi connectivity index (χ1) is 15.3. The smallest absolute Gasteiger partial charge is 0.263 e. The van der Waals surface area contributed by atoms with Crippen molar-refractivity contribution < 1.29 is 13.2 Å². The number of anilines is 1. The van der Waals surface area contributed by atoms with Gasteiger partial charge in [-0.25, -0.2) is 13.1 Å². The molecule has 1 N–H and O–H groups in total. The van der Waals surface area contributed by atoms with Crippen LogP contribution < -0.4 is 9.62 Å². The molecule has 1 amide bonds. The van der Waals surface area contributed by atoms with Crippen molar-refractivity contribution in [3.63, 3.8) is 0 Å². The number of nitrogens with one attached hydrogen (secondary N) is 1. The lowest BCUT2D eigenvalue weighted by atomic mass is 10.1. The van der Waals surface area contributed by atoms with E-state index in [0.717, 1.165) is 31.2 Å². The lowest BCUT2D eigenvalue weighted by molar-refractivity contribution is 0.0833. The van der Waals surface area contributed by atoms with E-state index in [1.165, 1.54) is 6.07 Å². The maximum atomic E-state index is 13.5. The van der Waals surface area contributed by atoms with E-state index in [1.807, 2.05) is 18.1 Å². The number of aryl methyl sites for hydroxylation is 1. The molecule has 0 radical (unpaired) electrons. The van der Waals surface area contributed by atoms with Crippen LogP contribution in [0.15, 0.2) is 40.5 Å². The van der Waals surface area contributed by atoms with Crippen LogP contribution in [0.3, 0.4) is 0 Å². The van der Waals surface area contributed by atoms with Crippen molar-refractivity contribution in [3.8, 4) is 0 Å². The molecule has 168 valence electrons. The third-order valence-electron chi connectivity index (χ3n) is 6.99. The Labute approximate surface area is 187 Å². The number of aliphatic imine (C=N–C) groups is 1. The maximum absolute atomic E-state index is 13.5. The molecule has 0 spiro atoms. The molecule has 2 aromatic rings. The Morgan fingerprint density at radius 2 is 2.03 bits per heavy atom. The highest BCUT2D eigenvalue weighted by Gasteiger charge is 2.56. The van der Waals surface area contributed by atoms with Gasteiger partial charge in [0.1, 0.15) is 0 Å². The van der Waals surface area contributed by atoms with E-state index in [-0.39, 0.29) is 22.4 Å². The molecule has 2 saturated carbocycles. The Balaban J connectivity index is 1.37. The van der Waals surface area contributed by atoms with Crippen molar-refractivity contribution in [2.24, 2.45) is 18.0 Å². The van der Waals surface area contributed by atoms with Gasteiger partial charge in [-0.2, -0.15) is 5.10 Å². The zero-order valence-corrected chi connectivity index (χ0v) is 19.0. The summed E-state index contributed by atoms with van der Waals surface area (Å²) in [6.45, 7) is 2.96. The minimum atomic E-state index is -3.71. The lowest BCUT2D eigenvalue weighted by Crippen LogP contribution is -2.52. The lowest BCUT2D eigenvalue weighted by Gasteiger charge is -2.38. The zero-order chi connectivity index (χ0) is 22.3. The molecular weight excluding hydrogens is 428 g/mol. The van der Waals surface area contributed by atoms with Crippen LogP contribution in [0.2, 0.25) is 0 Å². The summed E-state index contributed by atoms with van der Waals surface area (Å²) in [7, 11) is -1.88. The predicted octanol–water partition coefficient (Wildman–Crippen LogP) is 1.86. The van der Waals surface area contributed by atoms with Crippen LogP contribution >= 0.6 is 0 Å². The molecule has 2 aliphatic heterocycles. The van der Waals surface area contributed by atoms with Gasteiger partial charge < -0.3 is 4.90 Å². The fourth-order valence-electron chi connectivity index (χ4n) is 5.00. The number of guanidine groups is 1. The molecule has 32 heavy (non-hydrogen) atoms. The number of aromatic nitrogens is 2. The van der Waals surface area contributed by atoms with Crippen molar-refractivity contribution >= 4 is 27.6 Å². The Morgan fingerprint density at radius 3 is 2.69 bits per heavy atom. The number of hydrogen-bond acceptors (Lipinski definition) is 6. The molecule has 0 saturated heterocycles.